The molecule has 28 heavy (non-hydrogen) atoms. The maximum atomic E-state index is 11.9. The van der Waals surface area contributed by atoms with Crippen molar-refractivity contribution in [3.05, 3.63) is 35.9 Å². The SMILES string of the molecule is CCC(=O)N1CCC(NC(=NC)NCC2(c3ccccc3)CCOCC2)C1.I. The Kier molecular flexibility index (Phi) is 9.01. The van der Waals surface area contributed by atoms with E-state index in [0.717, 1.165) is 58.1 Å². The molecule has 2 heterocycles. The summed E-state index contributed by atoms with van der Waals surface area (Å²) in [5.41, 5.74) is 1.42. The van der Waals surface area contributed by atoms with Crippen molar-refractivity contribution in [1.29, 1.82) is 0 Å². The summed E-state index contributed by atoms with van der Waals surface area (Å²) in [4.78, 5) is 18.2. The number of nitrogens with one attached hydrogen (secondary N) is 2. The fraction of sp³-hybridized carbons (Fsp3) is 0.619. The minimum Gasteiger partial charge on any atom is -0.381 e. The van der Waals surface area contributed by atoms with E-state index in [1.807, 2.05) is 11.8 Å². The molecule has 2 saturated heterocycles. The molecule has 1 atom stereocenters. The van der Waals surface area contributed by atoms with Crippen LogP contribution >= 0.6 is 24.0 Å². The van der Waals surface area contributed by atoms with Crippen molar-refractivity contribution in [3.8, 4) is 0 Å². The number of carbonyl (C=O) groups is 1. The van der Waals surface area contributed by atoms with E-state index in [-0.39, 0.29) is 41.3 Å². The zero-order valence-corrected chi connectivity index (χ0v) is 19.3. The van der Waals surface area contributed by atoms with Gasteiger partial charge in [-0.05, 0) is 24.8 Å². The molecule has 2 aliphatic rings. The van der Waals surface area contributed by atoms with Crippen LogP contribution in [0.15, 0.2) is 35.3 Å². The second-order valence-electron chi connectivity index (χ2n) is 7.51. The first kappa shape index (κ1) is 22.9. The van der Waals surface area contributed by atoms with Gasteiger partial charge < -0.3 is 20.3 Å². The first-order valence-corrected chi connectivity index (χ1v) is 10.0. The van der Waals surface area contributed by atoms with E-state index in [2.05, 4.69) is 46.0 Å². The summed E-state index contributed by atoms with van der Waals surface area (Å²) in [6.07, 6.45) is 3.54. The molecule has 2 fully saturated rings. The van der Waals surface area contributed by atoms with Gasteiger partial charge in [0.05, 0.1) is 0 Å². The number of hydrogen-bond acceptors (Lipinski definition) is 3. The van der Waals surface area contributed by atoms with E-state index in [4.69, 9.17) is 4.74 Å². The molecule has 1 amide bonds. The molecule has 6 nitrogen and oxygen atoms in total. The van der Waals surface area contributed by atoms with Crippen molar-refractivity contribution in [1.82, 2.24) is 15.5 Å². The third kappa shape index (κ3) is 5.59. The highest BCUT2D eigenvalue weighted by molar-refractivity contribution is 14.0. The Morgan fingerprint density at radius 3 is 2.64 bits per heavy atom. The van der Waals surface area contributed by atoms with Gasteiger partial charge in [-0.1, -0.05) is 37.3 Å². The van der Waals surface area contributed by atoms with Crippen LogP contribution in [0.4, 0.5) is 0 Å². The lowest BCUT2D eigenvalue weighted by Gasteiger charge is -2.38. The summed E-state index contributed by atoms with van der Waals surface area (Å²) < 4.78 is 5.62. The maximum absolute atomic E-state index is 11.9. The monoisotopic (exact) mass is 500 g/mol. The summed E-state index contributed by atoms with van der Waals surface area (Å²) in [5.74, 6) is 1.04. The van der Waals surface area contributed by atoms with Crippen molar-refractivity contribution < 1.29 is 9.53 Å². The smallest absolute Gasteiger partial charge is 0.222 e. The van der Waals surface area contributed by atoms with Gasteiger partial charge in [-0.3, -0.25) is 9.79 Å². The maximum Gasteiger partial charge on any atom is 0.222 e. The second kappa shape index (κ2) is 11.0. The Bertz CT molecular complexity index is 647. The van der Waals surface area contributed by atoms with Crippen molar-refractivity contribution in [3.63, 3.8) is 0 Å². The third-order valence-electron chi connectivity index (χ3n) is 5.84. The minimum absolute atomic E-state index is 0. The van der Waals surface area contributed by atoms with Crippen LogP contribution in [0.1, 0.15) is 38.2 Å². The highest BCUT2D eigenvalue weighted by atomic mass is 127. The van der Waals surface area contributed by atoms with Crippen LogP contribution in [-0.4, -0.2) is 62.7 Å². The summed E-state index contributed by atoms with van der Waals surface area (Å²) >= 11 is 0. The Morgan fingerprint density at radius 1 is 1.29 bits per heavy atom. The number of amides is 1. The van der Waals surface area contributed by atoms with Gasteiger partial charge in [-0.2, -0.15) is 0 Å². The van der Waals surface area contributed by atoms with E-state index < -0.39 is 0 Å². The highest BCUT2D eigenvalue weighted by Crippen LogP contribution is 2.34. The zero-order chi connectivity index (χ0) is 19.1. The highest BCUT2D eigenvalue weighted by Gasteiger charge is 2.35. The lowest BCUT2D eigenvalue weighted by atomic mass is 9.74. The molecule has 3 rings (SSSR count). The van der Waals surface area contributed by atoms with Gasteiger partial charge in [0, 0.05) is 57.8 Å². The van der Waals surface area contributed by atoms with Crippen LogP contribution in [-0.2, 0) is 14.9 Å². The Hall–Kier alpha value is -1.35. The largest absolute Gasteiger partial charge is 0.381 e. The summed E-state index contributed by atoms with van der Waals surface area (Å²) in [5, 5.41) is 7.04. The average Bonchev–Trinajstić information content (AvgIpc) is 3.20. The van der Waals surface area contributed by atoms with E-state index in [0.29, 0.717) is 6.42 Å². The van der Waals surface area contributed by atoms with Crippen LogP contribution in [0.3, 0.4) is 0 Å². The van der Waals surface area contributed by atoms with Crippen LogP contribution < -0.4 is 10.6 Å². The standard InChI is InChI=1S/C21H32N4O2.HI/c1-3-19(26)25-12-9-18(15-25)24-20(22-2)23-16-21(10-13-27-14-11-21)17-7-5-4-6-8-17;/h4-8,18H,3,9-16H2,1-2H3,(H2,22,23,24);1H. The van der Waals surface area contributed by atoms with Crippen molar-refractivity contribution in [2.75, 3.05) is 39.9 Å². The molecular weight excluding hydrogens is 467 g/mol. The molecule has 0 spiro atoms. The van der Waals surface area contributed by atoms with E-state index in [1.54, 1.807) is 7.05 Å². The van der Waals surface area contributed by atoms with Crippen LogP contribution in [0.25, 0.3) is 0 Å². The normalized spacial score (nSPS) is 21.7. The number of benzene rings is 1. The number of hydrogen-bond donors (Lipinski definition) is 2. The van der Waals surface area contributed by atoms with Crippen LogP contribution in [0.5, 0.6) is 0 Å². The summed E-state index contributed by atoms with van der Waals surface area (Å²) in [7, 11) is 1.80. The van der Waals surface area contributed by atoms with Gasteiger partial charge in [0.2, 0.25) is 5.91 Å². The van der Waals surface area contributed by atoms with Gasteiger partial charge in [0.1, 0.15) is 0 Å². The molecule has 2 aliphatic heterocycles. The molecule has 1 aromatic carbocycles. The lowest BCUT2D eigenvalue weighted by molar-refractivity contribution is -0.129. The van der Waals surface area contributed by atoms with Gasteiger partial charge >= 0.3 is 0 Å². The van der Waals surface area contributed by atoms with Crippen molar-refractivity contribution >= 4 is 35.8 Å². The number of ether oxygens (including phenoxy) is 1. The third-order valence-corrected chi connectivity index (χ3v) is 5.84. The van der Waals surface area contributed by atoms with Crippen molar-refractivity contribution in [2.24, 2.45) is 4.99 Å². The predicted molar refractivity (Wildman–Crippen MR) is 123 cm³/mol. The molecule has 156 valence electrons. The van der Waals surface area contributed by atoms with Crippen molar-refractivity contribution in [2.45, 2.75) is 44.1 Å². The number of halogens is 1. The van der Waals surface area contributed by atoms with E-state index >= 15 is 0 Å². The number of rotatable bonds is 5. The van der Waals surface area contributed by atoms with Crippen LogP contribution in [0.2, 0.25) is 0 Å². The van der Waals surface area contributed by atoms with Gasteiger partial charge in [-0.25, -0.2) is 0 Å². The van der Waals surface area contributed by atoms with Gasteiger partial charge in [0.25, 0.3) is 0 Å². The fourth-order valence-corrected chi connectivity index (χ4v) is 4.09. The molecule has 1 aromatic rings. The van der Waals surface area contributed by atoms with Crippen LogP contribution in [0, 0.1) is 0 Å². The predicted octanol–water partition coefficient (Wildman–Crippen LogP) is 2.53. The Labute approximate surface area is 185 Å². The molecule has 2 N–H and O–H groups in total. The molecule has 0 aromatic heterocycles. The number of guanidine groups is 1. The number of nitrogens with zero attached hydrogens (tertiary/aromatic N) is 2. The zero-order valence-electron chi connectivity index (χ0n) is 16.9. The summed E-state index contributed by atoms with van der Waals surface area (Å²) in [6.45, 7) is 5.90. The molecule has 0 bridgehead atoms. The van der Waals surface area contributed by atoms with Gasteiger partial charge in [0.15, 0.2) is 5.96 Å². The first-order chi connectivity index (χ1) is 13.2. The Morgan fingerprint density at radius 2 is 2.00 bits per heavy atom. The lowest BCUT2D eigenvalue weighted by Crippen LogP contribution is -2.50. The molecule has 1 unspecified atom stereocenters. The second-order valence-corrected chi connectivity index (χ2v) is 7.51. The van der Waals surface area contributed by atoms with Gasteiger partial charge in [-0.15, -0.1) is 24.0 Å². The Balaban J connectivity index is 0.00000280. The number of likely N-dealkylation sites (tertiary alicyclic amines) is 1. The molecular formula is C21H33IN4O2. The first-order valence-electron chi connectivity index (χ1n) is 10.0. The molecule has 7 heteroatoms. The number of carbonyl (C=O) groups excluding carboxylic acids is 1. The topological polar surface area (TPSA) is 66.0 Å². The molecule has 0 aliphatic carbocycles. The molecule has 0 radical (unpaired) electrons. The molecule has 0 saturated carbocycles. The minimum atomic E-state index is 0. The number of aliphatic imine (C=N–C) groups is 1. The van der Waals surface area contributed by atoms with E-state index in [9.17, 15) is 4.79 Å². The van der Waals surface area contributed by atoms with E-state index in [1.165, 1.54) is 5.56 Å². The average molecular weight is 500 g/mol. The fourth-order valence-electron chi connectivity index (χ4n) is 4.09. The quantitative estimate of drug-likeness (QED) is 0.371. The summed E-state index contributed by atoms with van der Waals surface area (Å²) in [6, 6.07) is 11.0.